The Balaban J connectivity index is 2.65. The molecule has 0 unspecified atom stereocenters. The Morgan fingerprint density at radius 2 is 1.72 bits per heavy atom. The van der Waals surface area contributed by atoms with Crippen molar-refractivity contribution in [1.29, 1.82) is 0 Å². The van der Waals surface area contributed by atoms with Gasteiger partial charge < -0.3 is 4.90 Å². The average Bonchev–Trinajstić information content (AvgIpc) is 2.67. The number of aryl methyl sites for hydroxylation is 1. The lowest BCUT2D eigenvalue weighted by atomic mass is 10.0. The van der Waals surface area contributed by atoms with Gasteiger partial charge in [0.15, 0.2) is 0 Å². The van der Waals surface area contributed by atoms with E-state index >= 15 is 0 Å². The number of anilines is 2. The summed E-state index contributed by atoms with van der Waals surface area (Å²) in [7, 11) is 0. The maximum atomic E-state index is 3.93. The number of nitrogens with zero attached hydrogens (tertiary/aromatic N) is 1. The van der Waals surface area contributed by atoms with Crippen LogP contribution in [0.2, 0.25) is 0 Å². The second kappa shape index (κ2) is 9.68. The first-order chi connectivity index (χ1) is 12.2. The van der Waals surface area contributed by atoms with Gasteiger partial charge in [-0.05, 0) is 62.1 Å². The molecule has 0 fully saturated rings. The SMILES string of the molecule is C=C/C=C(\C(C)=C/C)N(c1ccccc1)c1ccccc1CCCC. The number of rotatable bonds is 8. The number of benzene rings is 2. The Morgan fingerprint density at radius 3 is 2.36 bits per heavy atom. The zero-order chi connectivity index (χ0) is 18.1. The summed E-state index contributed by atoms with van der Waals surface area (Å²) in [5.41, 5.74) is 6.19. The van der Waals surface area contributed by atoms with Crippen LogP contribution in [0.4, 0.5) is 11.4 Å². The molecule has 130 valence electrons. The lowest BCUT2D eigenvalue weighted by molar-refractivity contribution is 0.794. The van der Waals surface area contributed by atoms with Crippen molar-refractivity contribution in [2.24, 2.45) is 0 Å². The Hall–Kier alpha value is -2.54. The van der Waals surface area contributed by atoms with Crippen LogP contribution in [-0.4, -0.2) is 0 Å². The minimum Gasteiger partial charge on any atom is -0.310 e. The van der Waals surface area contributed by atoms with E-state index in [1.165, 1.54) is 35.4 Å². The average molecular weight is 332 g/mol. The number of unbranched alkanes of at least 4 members (excludes halogenated alkanes) is 1. The molecule has 1 nitrogen and oxygen atoms in total. The summed E-state index contributed by atoms with van der Waals surface area (Å²) in [6.45, 7) is 10.4. The zero-order valence-electron chi connectivity index (χ0n) is 15.7. The van der Waals surface area contributed by atoms with Crippen molar-refractivity contribution in [3.05, 3.63) is 96.2 Å². The molecule has 0 aliphatic heterocycles. The summed E-state index contributed by atoms with van der Waals surface area (Å²) in [6.07, 6.45) is 9.60. The van der Waals surface area contributed by atoms with Gasteiger partial charge in [-0.3, -0.25) is 0 Å². The van der Waals surface area contributed by atoms with Gasteiger partial charge in [0.1, 0.15) is 0 Å². The maximum Gasteiger partial charge on any atom is 0.0493 e. The summed E-state index contributed by atoms with van der Waals surface area (Å²) < 4.78 is 0. The van der Waals surface area contributed by atoms with Crippen molar-refractivity contribution in [1.82, 2.24) is 0 Å². The van der Waals surface area contributed by atoms with E-state index in [1.54, 1.807) is 0 Å². The van der Waals surface area contributed by atoms with Crippen molar-refractivity contribution < 1.29 is 0 Å². The van der Waals surface area contributed by atoms with Gasteiger partial charge in [0.25, 0.3) is 0 Å². The molecule has 2 rings (SSSR count). The Morgan fingerprint density at radius 1 is 1.04 bits per heavy atom. The molecule has 2 aromatic rings. The first-order valence-electron chi connectivity index (χ1n) is 9.12. The van der Waals surface area contributed by atoms with Gasteiger partial charge in [-0.1, -0.05) is 68.5 Å². The molecule has 0 aliphatic rings. The molecule has 2 aromatic carbocycles. The Bertz CT molecular complexity index is 738. The summed E-state index contributed by atoms with van der Waals surface area (Å²) in [5.74, 6) is 0. The largest absolute Gasteiger partial charge is 0.310 e. The maximum absolute atomic E-state index is 3.93. The number of para-hydroxylation sites is 2. The van der Waals surface area contributed by atoms with Crippen molar-refractivity contribution in [3.63, 3.8) is 0 Å². The Kier molecular flexibility index (Phi) is 7.28. The third kappa shape index (κ3) is 4.73. The predicted molar refractivity (Wildman–Crippen MR) is 111 cm³/mol. The predicted octanol–water partition coefficient (Wildman–Crippen LogP) is 7.20. The monoisotopic (exact) mass is 331 g/mol. The molecule has 0 N–H and O–H groups in total. The van der Waals surface area contributed by atoms with Gasteiger partial charge >= 0.3 is 0 Å². The van der Waals surface area contributed by atoms with Crippen LogP contribution in [0.25, 0.3) is 0 Å². The van der Waals surface area contributed by atoms with Gasteiger partial charge in [0, 0.05) is 17.1 Å². The number of allylic oxidation sites excluding steroid dienone is 4. The van der Waals surface area contributed by atoms with Crippen molar-refractivity contribution in [3.8, 4) is 0 Å². The second-order valence-corrected chi connectivity index (χ2v) is 6.16. The fourth-order valence-electron chi connectivity index (χ4n) is 2.93. The van der Waals surface area contributed by atoms with Crippen LogP contribution in [0.5, 0.6) is 0 Å². The molecule has 25 heavy (non-hydrogen) atoms. The molecule has 0 aromatic heterocycles. The molecule has 0 aliphatic carbocycles. The van der Waals surface area contributed by atoms with Gasteiger partial charge in [-0.2, -0.15) is 0 Å². The van der Waals surface area contributed by atoms with Crippen LogP contribution in [-0.2, 0) is 6.42 Å². The highest BCUT2D eigenvalue weighted by atomic mass is 15.2. The van der Waals surface area contributed by atoms with Crippen molar-refractivity contribution in [2.75, 3.05) is 4.90 Å². The highest BCUT2D eigenvalue weighted by molar-refractivity contribution is 5.73. The van der Waals surface area contributed by atoms with Crippen LogP contribution in [0.1, 0.15) is 39.2 Å². The van der Waals surface area contributed by atoms with Crippen LogP contribution in [0, 0.1) is 0 Å². The minimum absolute atomic E-state index is 1.09. The lowest BCUT2D eigenvalue weighted by Crippen LogP contribution is -2.19. The lowest BCUT2D eigenvalue weighted by Gasteiger charge is -2.30. The molecule has 1 heteroatoms. The van der Waals surface area contributed by atoms with Crippen LogP contribution < -0.4 is 4.90 Å². The quantitative estimate of drug-likeness (QED) is 0.462. The summed E-state index contributed by atoms with van der Waals surface area (Å²) in [5, 5.41) is 0. The third-order valence-electron chi connectivity index (χ3n) is 4.40. The van der Waals surface area contributed by atoms with Crippen LogP contribution in [0.3, 0.4) is 0 Å². The fraction of sp³-hybridized carbons (Fsp3) is 0.250. The van der Waals surface area contributed by atoms with Crippen molar-refractivity contribution in [2.45, 2.75) is 40.0 Å². The van der Waals surface area contributed by atoms with E-state index in [0.717, 1.165) is 12.1 Å². The number of hydrogen-bond acceptors (Lipinski definition) is 1. The van der Waals surface area contributed by atoms with Crippen molar-refractivity contribution >= 4 is 11.4 Å². The first-order valence-corrected chi connectivity index (χ1v) is 9.12. The van der Waals surface area contributed by atoms with Gasteiger partial charge in [-0.15, -0.1) is 0 Å². The highest BCUT2D eigenvalue weighted by Gasteiger charge is 2.18. The molecule has 0 atom stereocenters. The van der Waals surface area contributed by atoms with E-state index in [1.807, 2.05) is 6.08 Å². The summed E-state index contributed by atoms with van der Waals surface area (Å²) in [4.78, 5) is 2.35. The van der Waals surface area contributed by atoms with Gasteiger partial charge in [0.05, 0.1) is 0 Å². The molecule has 0 saturated heterocycles. The molecule has 0 heterocycles. The van der Waals surface area contributed by atoms with E-state index < -0.39 is 0 Å². The molecule has 0 bridgehead atoms. The summed E-state index contributed by atoms with van der Waals surface area (Å²) >= 11 is 0. The van der Waals surface area contributed by atoms with E-state index in [2.05, 4.69) is 99.0 Å². The molecule has 0 amide bonds. The standard InChI is InChI=1S/C24H29N/c1-5-8-15-21-16-12-13-19-24(21)25(22-17-10-9-11-18-22)23(14-6-2)20(4)7-3/h6-7,9-14,16-19H,2,5,8,15H2,1,3-4H3/b20-7-,23-14+. The van der Waals surface area contributed by atoms with Gasteiger partial charge in [0.2, 0.25) is 0 Å². The topological polar surface area (TPSA) is 3.24 Å². The minimum atomic E-state index is 1.09. The molecule has 0 radical (unpaired) electrons. The molecular weight excluding hydrogens is 302 g/mol. The third-order valence-corrected chi connectivity index (χ3v) is 4.40. The van der Waals surface area contributed by atoms with E-state index in [4.69, 9.17) is 0 Å². The van der Waals surface area contributed by atoms with Gasteiger partial charge in [-0.25, -0.2) is 0 Å². The van der Waals surface area contributed by atoms with Crippen LogP contribution >= 0.6 is 0 Å². The smallest absolute Gasteiger partial charge is 0.0493 e. The Labute approximate surface area is 153 Å². The second-order valence-electron chi connectivity index (χ2n) is 6.16. The highest BCUT2D eigenvalue weighted by Crippen LogP contribution is 2.35. The normalized spacial score (nSPS) is 12.1. The van der Waals surface area contributed by atoms with Crippen LogP contribution in [0.15, 0.2) is 90.7 Å². The zero-order valence-corrected chi connectivity index (χ0v) is 15.7. The molecule has 0 saturated carbocycles. The number of hydrogen-bond donors (Lipinski definition) is 0. The van der Waals surface area contributed by atoms with E-state index in [0.29, 0.717) is 0 Å². The fourth-order valence-corrected chi connectivity index (χ4v) is 2.93. The molecule has 0 spiro atoms. The van der Waals surface area contributed by atoms with E-state index in [-0.39, 0.29) is 0 Å². The van der Waals surface area contributed by atoms with E-state index in [9.17, 15) is 0 Å². The summed E-state index contributed by atoms with van der Waals surface area (Å²) in [6, 6.07) is 19.3. The molecular formula is C24H29N. The first kappa shape index (κ1) is 18.8.